The summed E-state index contributed by atoms with van der Waals surface area (Å²) in [5.41, 5.74) is 1.02. The number of benzene rings is 1. The summed E-state index contributed by atoms with van der Waals surface area (Å²) in [5, 5.41) is 7.50. The van der Waals surface area contributed by atoms with E-state index in [2.05, 4.69) is 15.3 Å². The smallest absolute Gasteiger partial charge is 0.410 e. The number of aryl methyl sites for hydroxylation is 1. The number of imide groups is 1. The highest BCUT2D eigenvalue weighted by molar-refractivity contribution is 6.02. The highest BCUT2D eigenvalue weighted by atomic mass is 19.1. The third-order valence-corrected chi connectivity index (χ3v) is 8.41. The average molecular weight is 572 g/mol. The maximum Gasteiger partial charge on any atom is 0.410 e. The van der Waals surface area contributed by atoms with Gasteiger partial charge in [0, 0.05) is 45.0 Å². The number of likely N-dealkylation sites (tertiary alicyclic amines) is 1. The van der Waals surface area contributed by atoms with Crippen molar-refractivity contribution in [3.63, 3.8) is 0 Å². The molecule has 1 atom stereocenters. The molecule has 0 radical (unpaired) electrons. The predicted molar refractivity (Wildman–Crippen MR) is 157 cm³/mol. The highest BCUT2D eigenvalue weighted by Crippen LogP contribution is 2.37. The molecule has 1 unspecified atom stereocenters. The zero-order valence-corrected chi connectivity index (χ0v) is 25.5. The van der Waals surface area contributed by atoms with Gasteiger partial charge in [0.05, 0.1) is 17.3 Å². The van der Waals surface area contributed by atoms with E-state index in [1.165, 1.54) is 4.68 Å². The van der Waals surface area contributed by atoms with E-state index < -0.39 is 11.5 Å². The number of hydrogen-bond donors (Lipinski definition) is 1. The summed E-state index contributed by atoms with van der Waals surface area (Å²) in [6.45, 7) is 12.8. The van der Waals surface area contributed by atoms with Crippen molar-refractivity contribution in [1.29, 1.82) is 0 Å². The fourth-order valence-electron chi connectivity index (χ4n) is 6.36. The molecule has 226 valence electrons. The van der Waals surface area contributed by atoms with Crippen molar-refractivity contribution < 1.29 is 23.5 Å². The lowest BCUT2D eigenvalue weighted by atomic mass is 9.82. The lowest BCUT2D eigenvalue weighted by molar-refractivity contribution is -0.134. The Balaban J connectivity index is 0.00000189. The van der Waals surface area contributed by atoms with Gasteiger partial charge in [-0.2, -0.15) is 5.10 Å². The normalized spacial score (nSPS) is 21.0. The molecule has 3 fully saturated rings. The molecule has 41 heavy (non-hydrogen) atoms. The molecular weight excluding hydrogens is 525 g/mol. The van der Waals surface area contributed by atoms with Crippen LogP contribution in [0.4, 0.5) is 14.9 Å². The Hall–Kier alpha value is -3.17. The molecule has 3 aliphatic heterocycles. The number of nitrogens with one attached hydrogen (secondary N) is 1. The van der Waals surface area contributed by atoms with E-state index in [0.717, 1.165) is 58.3 Å². The molecule has 0 aliphatic carbocycles. The quantitative estimate of drug-likeness (QED) is 0.486. The van der Waals surface area contributed by atoms with Crippen LogP contribution in [0.2, 0.25) is 0 Å². The van der Waals surface area contributed by atoms with Crippen molar-refractivity contribution in [1.82, 2.24) is 20.0 Å². The van der Waals surface area contributed by atoms with Crippen molar-refractivity contribution in [2.24, 2.45) is 18.9 Å². The standard InChI is InChI=1S/C29H40FN5O4.C2H6/c1-29(2,3)39-28(38)35-15-11-19(12-16-35)17-18-9-13-34(14-10-18)22-7-5-20-25(32-33(4)26(20)24(22)30)21-6-8-23(36)31-27(21)37;1-2/h5,7,18-19,21H,6,8-17H2,1-4H3,(H,31,36,37);1-2H3. The van der Waals surface area contributed by atoms with E-state index in [1.54, 1.807) is 13.1 Å². The molecule has 1 N–H and O–H groups in total. The van der Waals surface area contributed by atoms with Crippen LogP contribution < -0.4 is 10.2 Å². The Morgan fingerprint density at radius 3 is 2.22 bits per heavy atom. The number of hydrogen-bond acceptors (Lipinski definition) is 6. The van der Waals surface area contributed by atoms with Crippen LogP contribution in [0, 0.1) is 17.7 Å². The Labute approximate surface area is 242 Å². The first-order valence-corrected chi connectivity index (χ1v) is 15.2. The van der Waals surface area contributed by atoms with Gasteiger partial charge in [0.1, 0.15) is 11.1 Å². The maximum absolute atomic E-state index is 15.8. The van der Waals surface area contributed by atoms with Crippen molar-refractivity contribution in [2.75, 3.05) is 31.1 Å². The van der Waals surface area contributed by atoms with Crippen LogP contribution in [0.25, 0.3) is 10.9 Å². The molecular formula is C31H46FN5O4. The van der Waals surface area contributed by atoms with Gasteiger partial charge >= 0.3 is 6.09 Å². The van der Waals surface area contributed by atoms with Crippen LogP contribution in [0.15, 0.2) is 12.1 Å². The number of fused-ring (bicyclic) bond motifs is 1. The summed E-state index contributed by atoms with van der Waals surface area (Å²) >= 11 is 0. The number of rotatable bonds is 4. The fraction of sp³-hybridized carbons (Fsp3) is 0.677. The molecule has 3 aliphatic rings. The lowest BCUT2D eigenvalue weighted by Gasteiger charge is -2.38. The van der Waals surface area contributed by atoms with Crippen molar-refractivity contribution in [2.45, 2.75) is 91.1 Å². The second kappa shape index (κ2) is 12.8. The van der Waals surface area contributed by atoms with Gasteiger partial charge in [-0.1, -0.05) is 13.8 Å². The number of piperidine rings is 3. The minimum absolute atomic E-state index is 0.217. The molecule has 0 bridgehead atoms. The van der Waals surface area contributed by atoms with Crippen LogP contribution in [0.1, 0.15) is 91.2 Å². The molecule has 1 aromatic carbocycles. The molecule has 5 rings (SSSR count). The average Bonchev–Trinajstić information content (AvgIpc) is 3.27. The van der Waals surface area contributed by atoms with Gasteiger partial charge in [-0.25, -0.2) is 9.18 Å². The second-order valence-corrected chi connectivity index (χ2v) is 12.4. The first-order chi connectivity index (χ1) is 19.5. The summed E-state index contributed by atoms with van der Waals surface area (Å²) in [4.78, 5) is 40.3. The molecule has 9 nitrogen and oxygen atoms in total. The predicted octanol–water partition coefficient (Wildman–Crippen LogP) is 5.51. The van der Waals surface area contributed by atoms with E-state index >= 15 is 4.39 Å². The Bertz CT molecular complexity index is 1250. The summed E-state index contributed by atoms with van der Waals surface area (Å²) in [6.07, 6.45) is 5.59. The molecule has 3 saturated heterocycles. The van der Waals surface area contributed by atoms with Gasteiger partial charge in [-0.15, -0.1) is 0 Å². The summed E-state index contributed by atoms with van der Waals surface area (Å²) in [7, 11) is 1.70. The zero-order chi connectivity index (χ0) is 29.9. The zero-order valence-electron chi connectivity index (χ0n) is 25.5. The molecule has 4 heterocycles. The van der Waals surface area contributed by atoms with E-state index in [1.807, 2.05) is 45.6 Å². The van der Waals surface area contributed by atoms with Crippen LogP contribution >= 0.6 is 0 Å². The van der Waals surface area contributed by atoms with E-state index in [0.29, 0.717) is 40.5 Å². The first-order valence-electron chi connectivity index (χ1n) is 15.2. The van der Waals surface area contributed by atoms with Gasteiger partial charge < -0.3 is 14.5 Å². The summed E-state index contributed by atoms with van der Waals surface area (Å²) in [5.74, 6) is -0.305. The molecule has 10 heteroatoms. The Morgan fingerprint density at radius 1 is 1.02 bits per heavy atom. The van der Waals surface area contributed by atoms with Crippen molar-refractivity contribution in [3.05, 3.63) is 23.6 Å². The molecule has 2 aromatic rings. The SMILES string of the molecule is CC.Cn1nc(C2CCC(=O)NC2=O)c2ccc(N3CCC(CC4CCN(C(=O)OC(C)(C)C)CC4)CC3)c(F)c21. The van der Waals surface area contributed by atoms with E-state index in [4.69, 9.17) is 4.74 Å². The minimum atomic E-state index is -0.552. The summed E-state index contributed by atoms with van der Waals surface area (Å²) < 4.78 is 22.9. The fourth-order valence-corrected chi connectivity index (χ4v) is 6.36. The molecule has 3 amide bonds. The van der Waals surface area contributed by atoms with E-state index in [9.17, 15) is 14.4 Å². The molecule has 0 saturated carbocycles. The molecule has 1 aromatic heterocycles. The van der Waals surface area contributed by atoms with Gasteiger partial charge in [0.25, 0.3) is 0 Å². The second-order valence-electron chi connectivity index (χ2n) is 12.4. The van der Waals surface area contributed by atoms with Gasteiger partial charge in [-0.3, -0.25) is 19.6 Å². The van der Waals surface area contributed by atoms with E-state index in [-0.39, 0.29) is 30.1 Å². The third kappa shape index (κ3) is 7.01. The topological polar surface area (TPSA) is 96.8 Å². The number of nitrogens with zero attached hydrogens (tertiary/aromatic N) is 4. The number of anilines is 1. The van der Waals surface area contributed by atoms with Crippen molar-refractivity contribution in [3.8, 4) is 0 Å². The number of halogens is 1. The van der Waals surface area contributed by atoms with Crippen molar-refractivity contribution >= 4 is 34.5 Å². The number of aromatic nitrogens is 2. The maximum atomic E-state index is 15.8. The number of ether oxygens (including phenoxy) is 1. The largest absolute Gasteiger partial charge is 0.444 e. The Kier molecular flexibility index (Phi) is 9.59. The first kappa shape index (κ1) is 30.8. The number of amides is 3. The van der Waals surface area contributed by atoms with Crippen LogP contribution in [-0.4, -0.2) is 64.4 Å². The lowest BCUT2D eigenvalue weighted by Crippen LogP contribution is -2.42. The Morgan fingerprint density at radius 2 is 1.63 bits per heavy atom. The van der Waals surface area contributed by atoms with Gasteiger partial charge in [0.15, 0.2) is 5.82 Å². The number of carbonyl (C=O) groups excluding carboxylic acids is 3. The monoisotopic (exact) mass is 571 g/mol. The molecule has 0 spiro atoms. The third-order valence-electron chi connectivity index (χ3n) is 8.41. The van der Waals surface area contributed by atoms with Gasteiger partial charge in [-0.05, 0) is 83.3 Å². The number of carbonyl (C=O) groups is 3. The summed E-state index contributed by atoms with van der Waals surface area (Å²) in [6, 6.07) is 3.67. The van der Waals surface area contributed by atoms with Crippen LogP contribution in [-0.2, 0) is 21.4 Å². The minimum Gasteiger partial charge on any atom is -0.444 e. The highest BCUT2D eigenvalue weighted by Gasteiger charge is 2.34. The van der Waals surface area contributed by atoms with Gasteiger partial charge in [0.2, 0.25) is 11.8 Å². The van der Waals surface area contributed by atoms with Crippen LogP contribution in [0.5, 0.6) is 0 Å². The van der Waals surface area contributed by atoms with Crippen LogP contribution in [0.3, 0.4) is 0 Å².